The fourth-order valence-corrected chi connectivity index (χ4v) is 3.41. The van der Waals surface area contributed by atoms with Crippen LogP contribution in [0.2, 0.25) is 0 Å². The normalized spacial score (nSPS) is 10.9. The first-order valence-electron chi connectivity index (χ1n) is 9.97. The van der Waals surface area contributed by atoms with Crippen molar-refractivity contribution in [1.82, 2.24) is 9.78 Å². The Labute approximate surface area is 172 Å². The van der Waals surface area contributed by atoms with Crippen molar-refractivity contribution in [3.8, 4) is 11.1 Å². The summed E-state index contributed by atoms with van der Waals surface area (Å²) < 4.78 is 12.2. The monoisotopic (exact) mass is 392 g/mol. The summed E-state index contributed by atoms with van der Waals surface area (Å²) in [6.45, 7) is 3.43. The number of esters is 1. The Hall–Kier alpha value is -2.92. The standard InChI is InChI=1S/C24H28N2O3/c1-4-5-8-21-15-20(17-28-2)25-26(21)16-18-11-13-19(14-12-18)22-9-6-7-10-23(22)24(27)29-3/h6-7,9-15H,4-5,8,16-17H2,1-3H3. The van der Waals surface area contributed by atoms with Gasteiger partial charge in [-0.15, -0.1) is 0 Å². The molecule has 0 unspecified atom stereocenters. The summed E-state index contributed by atoms with van der Waals surface area (Å²) in [5.74, 6) is -0.326. The predicted molar refractivity (Wildman–Crippen MR) is 114 cm³/mol. The Kier molecular flexibility index (Phi) is 7.19. The van der Waals surface area contributed by atoms with Crippen molar-refractivity contribution in [2.75, 3.05) is 14.2 Å². The van der Waals surface area contributed by atoms with E-state index in [-0.39, 0.29) is 5.97 Å². The second-order valence-corrected chi connectivity index (χ2v) is 7.06. The van der Waals surface area contributed by atoms with Crippen LogP contribution in [-0.4, -0.2) is 30.0 Å². The van der Waals surface area contributed by atoms with Crippen molar-refractivity contribution in [3.05, 3.63) is 77.1 Å². The van der Waals surface area contributed by atoms with Gasteiger partial charge in [-0.05, 0) is 41.7 Å². The number of aromatic nitrogens is 2. The molecule has 0 bridgehead atoms. The fraction of sp³-hybridized carbons (Fsp3) is 0.333. The molecule has 0 aliphatic heterocycles. The quantitative estimate of drug-likeness (QED) is 0.487. The van der Waals surface area contributed by atoms with Gasteiger partial charge in [-0.1, -0.05) is 55.8 Å². The third-order valence-corrected chi connectivity index (χ3v) is 4.92. The first kappa shape index (κ1) is 20.8. The van der Waals surface area contributed by atoms with Crippen LogP contribution in [0.3, 0.4) is 0 Å². The van der Waals surface area contributed by atoms with Gasteiger partial charge in [-0.25, -0.2) is 4.79 Å². The van der Waals surface area contributed by atoms with E-state index in [1.807, 2.05) is 30.3 Å². The Morgan fingerprint density at radius 1 is 1.07 bits per heavy atom. The molecule has 0 radical (unpaired) electrons. The summed E-state index contributed by atoms with van der Waals surface area (Å²) in [5, 5.41) is 4.71. The number of rotatable bonds is 9. The van der Waals surface area contributed by atoms with Gasteiger partial charge in [0.15, 0.2) is 0 Å². The fourth-order valence-electron chi connectivity index (χ4n) is 3.41. The number of hydrogen-bond acceptors (Lipinski definition) is 4. The molecule has 1 heterocycles. The lowest BCUT2D eigenvalue weighted by Gasteiger charge is -2.10. The molecular weight excluding hydrogens is 364 g/mol. The minimum Gasteiger partial charge on any atom is -0.465 e. The Morgan fingerprint density at radius 3 is 2.52 bits per heavy atom. The van der Waals surface area contributed by atoms with Gasteiger partial charge in [0.2, 0.25) is 0 Å². The summed E-state index contributed by atoms with van der Waals surface area (Å²) in [6.07, 6.45) is 3.30. The molecule has 0 N–H and O–H groups in total. The van der Waals surface area contributed by atoms with Crippen LogP contribution in [0.25, 0.3) is 11.1 Å². The maximum Gasteiger partial charge on any atom is 0.338 e. The van der Waals surface area contributed by atoms with Crippen molar-refractivity contribution in [3.63, 3.8) is 0 Å². The lowest BCUT2D eigenvalue weighted by atomic mass is 9.98. The molecular formula is C24H28N2O3. The van der Waals surface area contributed by atoms with Crippen LogP contribution in [0.1, 0.15) is 47.1 Å². The number of ether oxygens (including phenoxy) is 2. The van der Waals surface area contributed by atoms with Gasteiger partial charge in [-0.2, -0.15) is 5.10 Å². The zero-order valence-electron chi connectivity index (χ0n) is 17.4. The summed E-state index contributed by atoms with van der Waals surface area (Å²) >= 11 is 0. The summed E-state index contributed by atoms with van der Waals surface area (Å²) in [5.41, 5.74) is 5.79. The van der Waals surface area contributed by atoms with Gasteiger partial charge in [0, 0.05) is 12.8 Å². The van der Waals surface area contributed by atoms with E-state index < -0.39 is 0 Å². The largest absolute Gasteiger partial charge is 0.465 e. The van der Waals surface area contributed by atoms with E-state index in [9.17, 15) is 4.79 Å². The third-order valence-electron chi connectivity index (χ3n) is 4.92. The highest BCUT2D eigenvalue weighted by Crippen LogP contribution is 2.25. The maximum atomic E-state index is 12.1. The Bertz CT molecular complexity index is 945. The number of carbonyl (C=O) groups excluding carboxylic acids is 1. The second kappa shape index (κ2) is 10.0. The van der Waals surface area contributed by atoms with Crippen LogP contribution in [-0.2, 0) is 29.0 Å². The number of aryl methyl sites for hydroxylation is 1. The molecule has 0 spiro atoms. The molecule has 0 atom stereocenters. The lowest BCUT2D eigenvalue weighted by molar-refractivity contribution is 0.0601. The maximum absolute atomic E-state index is 12.1. The molecule has 0 amide bonds. The van der Waals surface area contributed by atoms with Gasteiger partial charge in [0.05, 0.1) is 31.5 Å². The summed E-state index contributed by atoms with van der Waals surface area (Å²) in [4.78, 5) is 12.1. The zero-order chi connectivity index (χ0) is 20.6. The average Bonchev–Trinajstić information content (AvgIpc) is 3.13. The van der Waals surface area contributed by atoms with Gasteiger partial charge in [-0.3, -0.25) is 4.68 Å². The van der Waals surface area contributed by atoms with E-state index in [1.165, 1.54) is 12.8 Å². The van der Waals surface area contributed by atoms with E-state index in [0.29, 0.717) is 18.7 Å². The first-order chi connectivity index (χ1) is 14.2. The van der Waals surface area contributed by atoms with Crippen LogP contribution in [0.5, 0.6) is 0 Å². The van der Waals surface area contributed by atoms with E-state index in [4.69, 9.17) is 14.6 Å². The number of carbonyl (C=O) groups is 1. The van der Waals surface area contributed by atoms with Crippen molar-refractivity contribution in [2.45, 2.75) is 39.3 Å². The van der Waals surface area contributed by atoms with Crippen LogP contribution in [0.15, 0.2) is 54.6 Å². The molecule has 2 aromatic carbocycles. The molecule has 0 saturated heterocycles. The summed E-state index contributed by atoms with van der Waals surface area (Å²) in [7, 11) is 3.09. The molecule has 5 heteroatoms. The molecule has 0 aliphatic carbocycles. The van der Waals surface area contributed by atoms with Gasteiger partial charge in [0.25, 0.3) is 0 Å². The smallest absolute Gasteiger partial charge is 0.338 e. The van der Waals surface area contributed by atoms with Crippen LogP contribution in [0.4, 0.5) is 0 Å². The number of hydrogen-bond donors (Lipinski definition) is 0. The lowest BCUT2D eigenvalue weighted by Crippen LogP contribution is -2.07. The number of nitrogens with zero attached hydrogens (tertiary/aromatic N) is 2. The molecule has 3 rings (SSSR count). The highest BCUT2D eigenvalue weighted by Gasteiger charge is 2.13. The van der Waals surface area contributed by atoms with Crippen molar-refractivity contribution in [2.24, 2.45) is 0 Å². The average molecular weight is 392 g/mol. The minimum atomic E-state index is -0.326. The van der Waals surface area contributed by atoms with Crippen LogP contribution >= 0.6 is 0 Å². The molecule has 1 aromatic heterocycles. The van der Waals surface area contributed by atoms with Crippen molar-refractivity contribution >= 4 is 5.97 Å². The minimum absolute atomic E-state index is 0.326. The van der Waals surface area contributed by atoms with E-state index >= 15 is 0 Å². The summed E-state index contributed by atoms with van der Waals surface area (Å²) in [6, 6.07) is 17.9. The molecule has 152 valence electrons. The Balaban J connectivity index is 1.82. The molecule has 3 aromatic rings. The third kappa shape index (κ3) is 5.12. The van der Waals surface area contributed by atoms with Gasteiger partial charge < -0.3 is 9.47 Å². The van der Waals surface area contributed by atoms with Crippen LogP contribution in [0, 0.1) is 0 Å². The molecule has 29 heavy (non-hydrogen) atoms. The highest BCUT2D eigenvalue weighted by molar-refractivity contribution is 5.97. The second-order valence-electron chi connectivity index (χ2n) is 7.06. The predicted octanol–water partition coefficient (Wildman–Crippen LogP) is 4.87. The van der Waals surface area contributed by atoms with E-state index in [1.54, 1.807) is 13.2 Å². The highest BCUT2D eigenvalue weighted by atomic mass is 16.5. The topological polar surface area (TPSA) is 53.4 Å². The SMILES string of the molecule is CCCCc1cc(COC)nn1Cc1ccc(-c2ccccc2C(=O)OC)cc1. The van der Waals surface area contributed by atoms with E-state index in [2.05, 4.69) is 29.8 Å². The number of benzene rings is 2. The van der Waals surface area contributed by atoms with Gasteiger partial charge in [0.1, 0.15) is 0 Å². The molecule has 5 nitrogen and oxygen atoms in total. The number of unbranched alkanes of at least 4 members (excludes halogenated alkanes) is 1. The number of methoxy groups -OCH3 is 2. The molecule has 0 aliphatic rings. The van der Waals surface area contributed by atoms with Gasteiger partial charge >= 0.3 is 5.97 Å². The van der Waals surface area contributed by atoms with E-state index in [0.717, 1.165) is 41.6 Å². The van der Waals surface area contributed by atoms with Crippen LogP contribution < -0.4 is 0 Å². The Morgan fingerprint density at radius 2 is 1.83 bits per heavy atom. The molecule has 0 fully saturated rings. The van der Waals surface area contributed by atoms with Crippen molar-refractivity contribution < 1.29 is 14.3 Å². The molecule has 0 saturated carbocycles. The van der Waals surface area contributed by atoms with Crippen molar-refractivity contribution in [1.29, 1.82) is 0 Å². The zero-order valence-corrected chi connectivity index (χ0v) is 17.4. The first-order valence-corrected chi connectivity index (χ1v) is 9.97.